The Balaban J connectivity index is 0.00000169. The van der Waals surface area contributed by atoms with Crippen molar-refractivity contribution in [2.45, 2.75) is 0 Å². The van der Waals surface area contributed by atoms with Gasteiger partial charge in [-0.05, 0) is 47.2 Å². The Kier molecular flexibility index (Phi) is 4.64. The average molecular weight is 356 g/mol. The molecule has 4 rings (SSSR count). The molecule has 2 heterocycles. The average Bonchev–Trinajstić information content (AvgIpc) is 3.03. The van der Waals surface area contributed by atoms with Crippen LogP contribution in [0, 0.1) is 0 Å². The number of nitrogens with one attached hydrogen (secondary N) is 2. The molecular formula is C18H14ClN3OS. The summed E-state index contributed by atoms with van der Waals surface area (Å²) in [4.78, 5) is 16.6. The predicted molar refractivity (Wildman–Crippen MR) is 103 cm³/mol. The van der Waals surface area contributed by atoms with E-state index in [9.17, 15) is 4.79 Å². The minimum Gasteiger partial charge on any atom is -0.308 e. The number of halogens is 1. The lowest BCUT2D eigenvalue weighted by molar-refractivity contribution is 0.262. The van der Waals surface area contributed by atoms with Crippen LogP contribution in [0.15, 0.2) is 66.2 Å². The largest absolute Gasteiger partial charge is 0.323 e. The molecule has 0 aliphatic carbocycles. The van der Waals surface area contributed by atoms with Crippen LogP contribution in [0.3, 0.4) is 0 Å². The second kappa shape index (κ2) is 6.86. The van der Waals surface area contributed by atoms with Crippen molar-refractivity contribution in [2.75, 3.05) is 10.6 Å². The number of rotatable bonds is 2. The van der Waals surface area contributed by atoms with Crippen LogP contribution in [-0.4, -0.2) is 11.0 Å². The van der Waals surface area contributed by atoms with Gasteiger partial charge in [-0.3, -0.25) is 4.98 Å². The van der Waals surface area contributed by atoms with E-state index in [-0.39, 0.29) is 18.4 Å². The molecule has 6 heteroatoms. The number of anilines is 2. The number of para-hydroxylation sites is 1. The molecule has 4 aromatic rings. The van der Waals surface area contributed by atoms with Gasteiger partial charge in [-0.1, -0.05) is 18.2 Å². The summed E-state index contributed by atoms with van der Waals surface area (Å²) in [6.07, 6.45) is 1.69. The van der Waals surface area contributed by atoms with Crippen LogP contribution in [0.5, 0.6) is 0 Å². The molecule has 0 radical (unpaired) electrons. The number of nitrogens with zero attached hydrogens (tertiary/aromatic N) is 1. The van der Waals surface area contributed by atoms with E-state index in [2.05, 4.69) is 15.6 Å². The Bertz CT molecular complexity index is 1010. The summed E-state index contributed by atoms with van der Waals surface area (Å²) in [7, 11) is 0. The summed E-state index contributed by atoms with van der Waals surface area (Å²) in [5, 5.41) is 9.84. The summed E-state index contributed by atoms with van der Waals surface area (Å²) >= 11 is 1.68. The number of amides is 2. The number of hydrogen-bond acceptors (Lipinski definition) is 3. The van der Waals surface area contributed by atoms with Crippen LogP contribution in [0.1, 0.15) is 0 Å². The zero-order valence-electron chi connectivity index (χ0n) is 12.5. The van der Waals surface area contributed by atoms with Gasteiger partial charge in [0.2, 0.25) is 0 Å². The smallest absolute Gasteiger partial charge is 0.308 e. The number of carbonyl (C=O) groups is 1. The van der Waals surface area contributed by atoms with Gasteiger partial charge in [-0.2, -0.15) is 0 Å². The Hall–Kier alpha value is -2.63. The third-order valence-electron chi connectivity index (χ3n) is 3.61. The normalized spacial score (nSPS) is 10.3. The van der Waals surface area contributed by atoms with Gasteiger partial charge < -0.3 is 10.6 Å². The molecule has 0 unspecified atom stereocenters. The minimum atomic E-state index is -0.268. The van der Waals surface area contributed by atoms with Gasteiger partial charge in [0.25, 0.3) is 0 Å². The minimum absolute atomic E-state index is 0. The number of carbonyl (C=O) groups excluding carboxylic acids is 1. The van der Waals surface area contributed by atoms with Crippen LogP contribution in [0.25, 0.3) is 21.0 Å². The zero-order chi connectivity index (χ0) is 15.6. The molecule has 2 aromatic heterocycles. The molecular weight excluding hydrogens is 342 g/mol. The third-order valence-corrected chi connectivity index (χ3v) is 4.51. The van der Waals surface area contributed by atoms with Crippen LogP contribution in [0.2, 0.25) is 0 Å². The standard InChI is InChI=1S/C18H13N3OS.ClH/c22-18(20-13-5-6-17-12(11-13)8-10-23-17)21-16-7-9-19-15-4-2-1-3-14(15)16;/h1-11H,(H2,19,20,21,22);1H. The van der Waals surface area contributed by atoms with Crippen LogP contribution in [0.4, 0.5) is 16.2 Å². The molecule has 0 saturated heterocycles. The van der Waals surface area contributed by atoms with E-state index < -0.39 is 0 Å². The summed E-state index contributed by atoms with van der Waals surface area (Å²) in [5.74, 6) is 0. The van der Waals surface area contributed by atoms with Gasteiger partial charge in [-0.25, -0.2) is 4.79 Å². The van der Waals surface area contributed by atoms with Crippen molar-refractivity contribution in [2.24, 2.45) is 0 Å². The fourth-order valence-electron chi connectivity index (χ4n) is 2.53. The lowest BCUT2D eigenvalue weighted by Gasteiger charge is -2.10. The molecule has 2 N–H and O–H groups in total. The molecule has 0 saturated carbocycles. The van der Waals surface area contributed by atoms with Gasteiger partial charge in [0.15, 0.2) is 0 Å². The second-order valence-electron chi connectivity index (χ2n) is 5.13. The van der Waals surface area contributed by atoms with Crippen molar-refractivity contribution in [1.29, 1.82) is 0 Å². The van der Waals surface area contributed by atoms with E-state index in [1.54, 1.807) is 23.6 Å². The molecule has 0 fully saturated rings. The highest BCUT2D eigenvalue weighted by molar-refractivity contribution is 7.17. The first-order chi connectivity index (χ1) is 11.3. The van der Waals surface area contributed by atoms with Crippen molar-refractivity contribution in [1.82, 2.24) is 4.98 Å². The monoisotopic (exact) mass is 355 g/mol. The molecule has 0 aliphatic rings. The number of thiophene rings is 1. The van der Waals surface area contributed by atoms with E-state index in [1.807, 2.05) is 53.9 Å². The van der Waals surface area contributed by atoms with Crippen molar-refractivity contribution >= 4 is 62.1 Å². The molecule has 0 atom stereocenters. The highest BCUT2D eigenvalue weighted by atomic mass is 35.5. The maximum atomic E-state index is 12.3. The Morgan fingerprint density at radius 3 is 2.79 bits per heavy atom. The Labute approximate surface area is 148 Å². The van der Waals surface area contributed by atoms with Gasteiger partial charge in [-0.15, -0.1) is 23.7 Å². The highest BCUT2D eigenvalue weighted by Crippen LogP contribution is 2.25. The fraction of sp³-hybridized carbons (Fsp3) is 0. The highest BCUT2D eigenvalue weighted by Gasteiger charge is 2.07. The zero-order valence-corrected chi connectivity index (χ0v) is 14.2. The van der Waals surface area contributed by atoms with Crippen LogP contribution < -0.4 is 10.6 Å². The number of aromatic nitrogens is 1. The molecule has 24 heavy (non-hydrogen) atoms. The summed E-state index contributed by atoms with van der Waals surface area (Å²) in [5.41, 5.74) is 2.36. The number of urea groups is 1. The SMILES string of the molecule is Cl.O=C(Nc1ccc2sccc2c1)Nc1ccnc2ccccc12. The molecule has 4 nitrogen and oxygen atoms in total. The summed E-state index contributed by atoms with van der Waals surface area (Å²) < 4.78 is 1.20. The predicted octanol–water partition coefficient (Wildman–Crippen LogP) is 5.52. The molecule has 2 aromatic carbocycles. The Morgan fingerprint density at radius 1 is 1.00 bits per heavy atom. The molecule has 0 spiro atoms. The van der Waals surface area contributed by atoms with E-state index in [4.69, 9.17) is 0 Å². The molecule has 0 aliphatic heterocycles. The first kappa shape index (κ1) is 16.2. The summed E-state index contributed by atoms with van der Waals surface area (Å²) in [6, 6.07) is 17.2. The fourth-order valence-corrected chi connectivity index (χ4v) is 3.30. The maximum Gasteiger partial charge on any atom is 0.323 e. The van der Waals surface area contributed by atoms with E-state index >= 15 is 0 Å². The van der Waals surface area contributed by atoms with Crippen LogP contribution >= 0.6 is 23.7 Å². The topological polar surface area (TPSA) is 54.0 Å². The van der Waals surface area contributed by atoms with E-state index in [0.717, 1.165) is 27.7 Å². The molecule has 2 amide bonds. The second-order valence-corrected chi connectivity index (χ2v) is 6.08. The molecule has 120 valence electrons. The van der Waals surface area contributed by atoms with Gasteiger partial charge >= 0.3 is 6.03 Å². The number of hydrogen-bond donors (Lipinski definition) is 2. The lowest BCUT2D eigenvalue weighted by Crippen LogP contribution is -2.19. The maximum absolute atomic E-state index is 12.3. The summed E-state index contributed by atoms with van der Waals surface area (Å²) in [6.45, 7) is 0. The van der Waals surface area contributed by atoms with Gasteiger partial charge in [0.05, 0.1) is 11.2 Å². The number of pyridine rings is 1. The Morgan fingerprint density at radius 2 is 1.88 bits per heavy atom. The first-order valence-electron chi connectivity index (χ1n) is 7.19. The lowest BCUT2D eigenvalue weighted by atomic mass is 10.2. The van der Waals surface area contributed by atoms with E-state index in [1.165, 1.54) is 4.70 Å². The third kappa shape index (κ3) is 3.18. The number of fused-ring (bicyclic) bond motifs is 2. The number of benzene rings is 2. The molecule has 0 bridgehead atoms. The quantitative estimate of drug-likeness (QED) is 0.497. The van der Waals surface area contributed by atoms with Crippen molar-refractivity contribution < 1.29 is 4.79 Å². The van der Waals surface area contributed by atoms with Gasteiger partial charge in [0.1, 0.15) is 0 Å². The van der Waals surface area contributed by atoms with Crippen LogP contribution in [-0.2, 0) is 0 Å². The first-order valence-corrected chi connectivity index (χ1v) is 8.06. The van der Waals surface area contributed by atoms with Crippen molar-refractivity contribution in [3.63, 3.8) is 0 Å². The van der Waals surface area contributed by atoms with Crippen molar-refractivity contribution in [3.8, 4) is 0 Å². The van der Waals surface area contributed by atoms with Crippen molar-refractivity contribution in [3.05, 3.63) is 66.2 Å². The van der Waals surface area contributed by atoms with Gasteiger partial charge in [0, 0.05) is 22.0 Å². The van der Waals surface area contributed by atoms with E-state index in [0.29, 0.717) is 0 Å².